The lowest BCUT2D eigenvalue weighted by molar-refractivity contribution is -0.163. The Balaban J connectivity index is 2.23. The van der Waals surface area contributed by atoms with Gasteiger partial charge in [-0.25, -0.2) is 4.79 Å². The topological polar surface area (TPSA) is 81.9 Å². The highest BCUT2D eigenvalue weighted by atomic mass is 16.6. The first kappa shape index (κ1) is 15.9. The van der Waals surface area contributed by atoms with Crippen LogP contribution in [0.2, 0.25) is 0 Å². The van der Waals surface area contributed by atoms with E-state index >= 15 is 0 Å². The normalized spacial score (nSPS) is 17.4. The third-order valence-electron chi connectivity index (χ3n) is 2.83. The molecule has 1 heterocycles. The predicted molar refractivity (Wildman–Crippen MR) is 70.5 cm³/mol. The molecule has 0 saturated carbocycles. The lowest BCUT2D eigenvalue weighted by atomic mass is 10.1. The summed E-state index contributed by atoms with van der Waals surface area (Å²) in [6.45, 7) is 6.74. The third kappa shape index (κ3) is 6.02. The Morgan fingerprint density at radius 2 is 1.84 bits per heavy atom. The van der Waals surface area contributed by atoms with Crippen LogP contribution in [0.4, 0.5) is 0 Å². The van der Waals surface area contributed by atoms with Gasteiger partial charge in [0.05, 0.1) is 12.6 Å². The second kappa shape index (κ2) is 6.86. The molecule has 6 heteroatoms. The molecule has 0 unspecified atom stereocenters. The summed E-state index contributed by atoms with van der Waals surface area (Å²) in [5.74, 6) is -0.390. The molecule has 1 saturated heterocycles. The summed E-state index contributed by atoms with van der Waals surface area (Å²) in [4.78, 5) is 24.6. The standard InChI is InChI=1S/C13H24N2O4/c1-13(2,3)19-12(17)9-18-10-4-6-15(7-5-10)11(16)8-14/h10H,4-9,14H2,1-3H3. The van der Waals surface area contributed by atoms with Crippen LogP contribution in [-0.4, -0.2) is 54.7 Å². The number of hydrogen-bond donors (Lipinski definition) is 1. The van der Waals surface area contributed by atoms with Crippen molar-refractivity contribution in [2.75, 3.05) is 26.2 Å². The van der Waals surface area contributed by atoms with Gasteiger partial charge in [0.1, 0.15) is 12.2 Å². The van der Waals surface area contributed by atoms with E-state index in [0.717, 1.165) is 12.8 Å². The highest BCUT2D eigenvalue weighted by molar-refractivity contribution is 5.78. The number of hydrogen-bond acceptors (Lipinski definition) is 5. The number of ether oxygens (including phenoxy) is 2. The van der Waals surface area contributed by atoms with Gasteiger partial charge in [-0.2, -0.15) is 0 Å². The minimum absolute atomic E-state index is 0.00865. The van der Waals surface area contributed by atoms with E-state index in [9.17, 15) is 9.59 Å². The van der Waals surface area contributed by atoms with Gasteiger partial charge in [-0.3, -0.25) is 4.79 Å². The molecular formula is C13H24N2O4. The van der Waals surface area contributed by atoms with Crippen LogP contribution in [0.3, 0.4) is 0 Å². The summed E-state index contributed by atoms with van der Waals surface area (Å²) in [5.41, 5.74) is 4.82. The fourth-order valence-corrected chi connectivity index (χ4v) is 1.96. The summed E-state index contributed by atoms with van der Waals surface area (Å²) in [6.07, 6.45) is 1.47. The Morgan fingerprint density at radius 3 is 2.32 bits per heavy atom. The molecule has 0 bridgehead atoms. The van der Waals surface area contributed by atoms with Crippen molar-refractivity contribution in [1.29, 1.82) is 0 Å². The fourth-order valence-electron chi connectivity index (χ4n) is 1.96. The van der Waals surface area contributed by atoms with E-state index in [2.05, 4.69) is 0 Å². The van der Waals surface area contributed by atoms with Crippen molar-refractivity contribution in [3.8, 4) is 0 Å². The first-order valence-corrected chi connectivity index (χ1v) is 6.63. The molecule has 19 heavy (non-hydrogen) atoms. The number of nitrogens with zero attached hydrogens (tertiary/aromatic N) is 1. The zero-order valence-corrected chi connectivity index (χ0v) is 12.0. The summed E-state index contributed by atoms with van der Waals surface area (Å²) < 4.78 is 10.7. The van der Waals surface area contributed by atoms with Crippen LogP contribution in [0.1, 0.15) is 33.6 Å². The molecule has 0 aromatic heterocycles. The van der Waals surface area contributed by atoms with Crippen LogP contribution in [0.15, 0.2) is 0 Å². The van der Waals surface area contributed by atoms with Crippen LogP contribution in [0, 0.1) is 0 Å². The number of carbonyl (C=O) groups excluding carboxylic acids is 2. The van der Waals surface area contributed by atoms with Gasteiger partial charge in [0.15, 0.2) is 0 Å². The smallest absolute Gasteiger partial charge is 0.332 e. The van der Waals surface area contributed by atoms with Gasteiger partial charge in [-0.05, 0) is 33.6 Å². The molecule has 0 spiro atoms. The molecule has 0 aliphatic carbocycles. The summed E-state index contributed by atoms with van der Waals surface area (Å²) in [7, 11) is 0. The first-order chi connectivity index (χ1) is 8.81. The quantitative estimate of drug-likeness (QED) is 0.744. The average Bonchev–Trinajstić information content (AvgIpc) is 2.34. The van der Waals surface area contributed by atoms with Gasteiger partial charge in [-0.15, -0.1) is 0 Å². The highest BCUT2D eigenvalue weighted by Crippen LogP contribution is 2.14. The van der Waals surface area contributed by atoms with E-state index in [-0.39, 0.29) is 31.1 Å². The van der Waals surface area contributed by atoms with Gasteiger partial charge < -0.3 is 20.1 Å². The largest absolute Gasteiger partial charge is 0.458 e. The van der Waals surface area contributed by atoms with Crippen molar-refractivity contribution in [1.82, 2.24) is 4.90 Å². The van der Waals surface area contributed by atoms with E-state index in [1.54, 1.807) is 4.90 Å². The number of esters is 1. The van der Waals surface area contributed by atoms with Crippen molar-refractivity contribution in [3.63, 3.8) is 0 Å². The van der Waals surface area contributed by atoms with Crippen LogP contribution in [0.5, 0.6) is 0 Å². The monoisotopic (exact) mass is 272 g/mol. The fraction of sp³-hybridized carbons (Fsp3) is 0.846. The van der Waals surface area contributed by atoms with Crippen molar-refractivity contribution >= 4 is 11.9 Å². The maximum Gasteiger partial charge on any atom is 0.332 e. The molecule has 0 atom stereocenters. The van der Waals surface area contributed by atoms with Gasteiger partial charge in [0.25, 0.3) is 0 Å². The summed E-state index contributed by atoms with van der Waals surface area (Å²) >= 11 is 0. The Kier molecular flexibility index (Phi) is 5.75. The van der Waals surface area contributed by atoms with Crippen molar-refractivity contribution in [2.24, 2.45) is 5.73 Å². The van der Waals surface area contributed by atoms with Gasteiger partial charge in [-0.1, -0.05) is 0 Å². The van der Waals surface area contributed by atoms with Crippen molar-refractivity contribution in [3.05, 3.63) is 0 Å². The number of amides is 1. The maximum absolute atomic E-state index is 11.5. The molecule has 110 valence electrons. The lowest BCUT2D eigenvalue weighted by Crippen LogP contribution is -2.43. The predicted octanol–water partition coefficient (Wildman–Crippen LogP) is 0.294. The van der Waals surface area contributed by atoms with E-state index < -0.39 is 5.60 Å². The lowest BCUT2D eigenvalue weighted by Gasteiger charge is -2.31. The van der Waals surface area contributed by atoms with E-state index in [1.807, 2.05) is 20.8 Å². The molecule has 0 radical (unpaired) electrons. The van der Waals surface area contributed by atoms with Crippen molar-refractivity contribution in [2.45, 2.75) is 45.3 Å². The molecule has 0 aromatic carbocycles. The van der Waals surface area contributed by atoms with Crippen LogP contribution >= 0.6 is 0 Å². The number of likely N-dealkylation sites (tertiary alicyclic amines) is 1. The van der Waals surface area contributed by atoms with Crippen LogP contribution in [-0.2, 0) is 19.1 Å². The van der Waals surface area contributed by atoms with Gasteiger partial charge >= 0.3 is 5.97 Å². The third-order valence-corrected chi connectivity index (χ3v) is 2.83. The van der Waals surface area contributed by atoms with E-state index in [4.69, 9.17) is 15.2 Å². The molecule has 0 aromatic rings. The second-order valence-electron chi connectivity index (χ2n) is 5.68. The van der Waals surface area contributed by atoms with Crippen LogP contribution in [0.25, 0.3) is 0 Å². The Bertz CT molecular complexity index is 317. The molecule has 1 aliphatic heterocycles. The molecule has 2 N–H and O–H groups in total. The molecule has 1 amide bonds. The zero-order chi connectivity index (χ0) is 14.5. The van der Waals surface area contributed by atoms with E-state index in [1.165, 1.54) is 0 Å². The second-order valence-corrected chi connectivity index (χ2v) is 5.68. The minimum Gasteiger partial charge on any atom is -0.458 e. The van der Waals surface area contributed by atoms with Crippen LogP contribution < -0.4 is 5.73 Å². The number of nitrogens with two attached hydrogens (primary N) is 1. The van der Waals surface area contributed by atoms with E-state index in [0.29, 0.717) is 13.1 Å². The Labute approximate surface area is 114 Å². The maximum atomic E-state index is 11.5. The molecular weight excluding hydrogens is 248 g/mol. The molecule has 1 rings (SSSR count). The molecule has 1 aliphatic rings. The average molecular weight is 272 g/mol. The van der Waals surface area contributed by atoms with Crippen molar-refractivity contribution < 1.29 is 19.1 Å². The highest BCUT2D eigenvalue weighted by Gasteiger charge is 2.24. The number of piperidine rings is 1. The van der Waals surface area contributed by atoms with Gasteiger partial charge in [0.2, 0.25) is 5.91 Å². The summed E-state index contributed by atoms with van der Waals surface area (Å²) in [6, 6.07) is 0. The minimum atomic E-state index is -0.489. The number of carbonyl (C=O) groups is 2. The number of rotatable bonds is 4. The summed E-state index contributed by atoms with van der Waals surface area (Å²) in [5, 5.41) is 0. The first-order valence-electron chi connectivity index (χ1n) is 6.63. The Hall–Kier alpha value is -1.14. The molecule has 1 fully saturated rings. The SMILES string of the molecule is CC(C)(C)OC(=O)COC1CCN(C(=O)CN)CC1. The van der Waals surface area contributed by atoms with Gasteiger partial charge in [0, 0.05) is 13.1 Å². The zero-order valence-electron chi connectivity index (χ0n) is 12.0. The Morgan fingerprint density at radius 1 is 1.26 bits per heavy atom. The molecule has 6 nitrogen and oxygen atoms in total.